The number of carbonyl (C=O) groups is 1. The Kier molecular flexibility index (Phi) is 7.32. The average molecular weight is 354 g/mol. The van der Waals surface area contributed by atoms with Crippen LogP contribution in [0.1, 0.15) is 12.8 Å². The van der Waals surface area contributed by atoms with E-state index in [-0.39, 0.29) is 17.4 Å². The first-order valence-electron chi connectivity index (χ1n) is 6.05. The first kappa shape index (κ1) is 18.4. The van der Waals surface area contributed by atoms with E-state index in [1.54, 1.807) is 0 Å². The zero-order valence-corrected chi connectivity index (χ0v) is 12.8. The lowest BCUT2D eigenvalue weighted by atomic mass is 10.3. The van der Waals surface area contributed by atoms with Crippen LogP contribution < -0.4 is 10.6 Å². The van der Waals surface area contributed by atoms with Gasteiger partial charge in [0.25, 0.3) is 0 Å². The third-order valence-corrected chi connectivity index (χ3v) is 3.28. The molecule has 0 saturated carbocycles. The Labute approximate surface area is 133 Å². The van der Waals surface area contributed by atoms with Gasteiger partial charge in [0.05, 0.1) is 0 Å². The molecule has 0 fully saturated rings. The molecule has 11 heteroatoms. The molecule has 0 unspecified atom stereocenters. The van der Waals surface area contributed by atoms with E-state index in [4.69, 9.17) is 17.3 Å². The van der Waals surface area contributed by atoms with Crippen molar-refractivity contribution in [1.82, 2.24) is 15.3 Å². The van der Waals surface area contributed by atoms with Gasteiger partial charge in [0.1, 0.15) is 12.4 Å². The molecule has 3 N–H and O–H groups in total. The number of aliphatic carboxylic acids is 1. The smallest absolute Gasteiger partial charge is 0.405 e. The minimum absolute atomic E-state index is 0.0520. The van der Waals surface area contributed by atoms with Gasteiger partial charge in [0.2, 0.25) is 0 Å². The molecule has 1 aromatic heterocycles. The van der Waals surface area contributed by atoms with Gasteiger partial charge in [-0.05, 0) is 24.7 Å². The summed E-state index contributed by atoms with van der Waals surface area (Å²) in [6, 6.07) is 1.46. The van der Waals surface area contributed by atoms with E-state index < -0.39 is 18.7 Å². The maximum atomic E-state index is 12.0. The second kappa shape index (κ2) is 8.73. The lowest BCUT2D eigenvalue weighted by molar-refractivity contribution is -0.137. The third kappa shape index (κ3) is 8.62. The molecular weight excluding hydrogens is 341 g/mol. The highest BCUT2D eigenvalue weighted by Gasteiger charge is 2.27. The molecule has 0 amide bonds. The predicted molar refractivity (Wildman–Crippen MR) is 79.9 cm³/mol. The van der Waals surface area contributed by atoms with Crippen molar-refractivity contribution in [3.63, 3.8) is 0 Å². The maximum Gasteiger partial charge on any atom is 0.405 e. The fraction of sp³-hybridized carbons (Fsp3) is 0.455. The summed E-state index contributed by atoms with van der Waals surface area (Å²) in [4.78, 5) is 18.4. The molecule has 1 aromatic rings. The van der Waals surface area contributed by atoms with Gasteiger partial charge in [-0.25, -0.2) is 9.97 Å². The van der Waals surface area contributed by atoms with E-state index in [0.717, 1.165) is 0 Å². The van der Waals surface area contributed by atoms with Gasteiger partial charge in [-0.1, -0.05) is 11.8 Å². The summed E-state index contributed by atoms with van der Waals surface area (Å²) in [5, 5.41) is 13.2. The Bertz CT molecular complexity index is 528. The number of nitrogens with one attached hydrogen (secondary N) is 2. The normalized spacial score (nSPS) is 11.0. The molecular formula is C11H13F3N4O2S2. The number of aromatic nitrogens is 2. The van der Waals surface area contributed by atoms with Crippen molar-refractivity contribution < 1.29 is 23.1 Å². The Morgan fingerprint density at radius 2 is 2.18 bits per heavy atom. The number of anilines is 1. The second-order valence-electron chi connectivity index (χ2n) is 3.99. The van der Waals surface area contributed by atoms with Crippen LogP contribution in [0.5, 0.6) is 0 Å². The highest BCUT2D eigenvalue weighted by atomic mass is 32.2. The number of hydrogen-bond acceptors (Lipinski definition) is 5. The SMILES string of the molecule is O=C(O)CCCSc1nccc(NC(=S)NCC(F)(F)F)n1. The van der Waals surface area contributed by atoms with Gasteiger partial charge < -0.3 is 15.7 Å². The van der Waals surface area contributed by atoms with Crippen molar-refractivity contribution in [2.45, 2.75) is 24.2 Å². The quantitative estimate of drug-likeness (QED) is 0.298. The van der Waals surface area contributed by atoms with E-state index in [1.807, 2.05) is 5.32 Å². The van der Waals surface area contributed by atoms with Crippen molar-refractivity contribution >= 4 is 40.9 Å². The molecule has 22 heavy (non-hydrogen) atoms. The second-order valence-corrected chi connectivity index (χ2v) is 5.46. The van der Waals surface area contributed by atoms with E-state index in [2.05, 4.69) is 15.3 Å². The minimum atomic E-state index is -4.36. The molecule has 1 heterocycles. The fourth-order valence-corrected chi connectivity index (χ4v) is 2.15. The van der Waals surface area contributed by atoms with Crippen LogP contribution in [-0.4, -0.2) is 44.6 Å². The molecule has 0 aliphatic heterocycles. The Balaban J connectivity index is 2.43. The number of thiocarbonyl (C=S) groups is 1. The number of alkyl halides is 3. The molecule has 0 spiro atoms. The monoisotopic (exact) mass is 354 g/mol. The summed E-state index contributed by atoms with van der Waals surface area (Å²) in [6.45, 7) is -1.24. The van der Waals surface area contributed by atoms with E-state index in [0.29, 0.717) is 17.3 Å². The van der Waals surface area contributed by atoms with Crippen LogP contribution in [0.15, 0.2) is 17.4 Å². The molecule has 6 nitrogen and oxygen atoms in total. The molecule has 0 bridgehead atoms. The van der Waals surface area contributed by atoms with Gasteiger partial charge in [-0.2, -0.15) is 13.2 Å². The van der Waals surface area contributed by atoms with Crippen LogP contribution in [0.4, 0.5) is 19.0 Å². The summed E-state index contributed by atoms with van der Waals surface area (Å²) in [5.41, 5.74) is 0. The number of thioether (sulfide) groups is 1. The number of carboxylic acid groups (broad SMARTS) is 1. The summed E-state index contributed by atoms with van der Waals surface area (Å²) >= 11 is 5.98. The molecule has 0 aliphatic rings. The lowest BCUT2D eigenvalue weighted by Crippen LogP contribution is -2.36. The number of carboxylic acids is 1. The molecule has 0 aliphatic carbocycles. The fourth-order valence-electron chi connectivity index (χ4n) is 1.21. The number of rotatable bonds is 7. The Morgan fingerprint density at radius 1 is 1.45 bits per heavy atom. The van der Waals surface area contributed by atoms with Gasteiger partial charge in [-0.3, -0.25) is 4.79 Å². The van der Waals surface area contributed by atoms with Gasteiger partial charge in [0.15, 0.2) is 10.3 Å². The zero-order chi connectivity index (χ0) is 16.6. The molecule has 0 aromatic carbocycles. The van der Waals surface area contributed by atoms with E-state index in [9.17, 15) is 18.0 Å². The topological polar surface area (TPSA) is 87.1 Å². The van der Waals surface area contributed by atoms with Crippen molar-refractivity contribution in [3.05, 3.63) is 12.3 Å². The summed E-state index contributed by atoms with van der Waals surface area (Å²) in [6.07, 6.45) is -2.41. The number of halogens is 3. The first-order valence-corrected chi connectivity index (χ1v) is 7.45. The van der Waals surface area contributed by atoms with Crippen LogP contribution in [0.25, 0.3) is 0 Å². The van der Waals surface area contributed by atoms with Crippen LogP contribution >= 0.6 is 24.0 Å². The molecule has 0 radical (unpaired) electrons. The van der Waals surface area contributed by atoms with Crippen molar-refractivity contribution in [1.29, 1.82) is 0 Å². The average Bonchev–Trinajstić information content (AvgIpc) is 2.41. The third-order valence-electron chi connectivity index (χ3n) is 2.09. The summed E-state index contributed by atoms with van der Waals surface area (Å²) < 4.78 is 36.1. The maximum absolute atomic E-state index is 12.0. The number of hydrogen-bond donors (Lipinski definition) is 3. The Morgan fingerprint density at radius 3 is 2.82 bits per heavy atom. The van der Waals surface area contributed by atoms with Crippen molar-refractivity contribution in [3.8, 4) is 0 Å². The molecule has 0 atom stereocenters. The first-order chi connectivity index (χ1) is 10.3. The minimum Gasteiger partial charge on any atom is -0.481 e. The van der Waals surface area contributed by atoms with Gasteiger partial charge in [0, 0.05) is 18.4 Å². The van der Waals surface area contributed by atoms with E-state index in [1.165, 1.54) is 24.0 Å². The molecule has 0 saturated heterocycles. The predicted octanol–water partition coefficient (Wildman–Crippen LogP) is 2.28. The van der Waals surface area contributed by atoms with Crippen LogP contribution in [-0.2, 0) is 4.79 Å². The van der Waals surface area contributed by atoms with Crippen LogP contribution in [0, 0.1) is 0 Å². The van der Waals surface area contributed by atoms with Crippen molar-refractivity contribution in [2.24, 2.45) is 0 Å². The van der Waals surface area contributed by atoms with Gasteiger partial charge >= 0.3 is 12.1 Å². The standard InChI is InChI=1S/C11H13F3N4O2S2/c12-11(13,14)6-16-9(21)17-7-3-4-15-10(18-7)22-5-1-2-8(19)20/h3-4H,1-2,5-6H2,(H,19,20)(H2,15,16,17,18,21). The largest absolute Gasteiger partial charge is 0.481 e. The van der Waals surface area contributed by atoms with Crippen molar-refractivity contribution in [2.75, 3.05) is 17.6 Å². The summed E-state index contributed by atoms with van der Waals surface area (Å²) in [5.74, 6) is -0.0968. The highest BCUT2D eigenvalue weighted by molar-refractivity contribution is 7.99. The highest BCUT2D eigenvalue weighted by Crippen LogP contribution is 2.16. The zero-order valence-electron chi connectivity index (χ0n) is 11.2. The van der Waals surface area contributed by atoms with Gasteiger partial charge in [-0.15, -0.1) is 0 Å². The van der Waals surface area contributed by atoms with E-state index >= 15 is 0 Å². The van der Waals surface area contributed by atoms with Crippen LogP contribution in [0.2, 0.25) is 0 Å². The summed E-state index contributed by atoms with van der Waals surface area (Å²) in [7, 11) is 0. The molecule has 122 valence electrons. The Hall–Kier alpha value is -1.62. The lowest BCUT2D eigenvalue weighted by Gasteiger charge is -2.12. The molecule has 1 rings (SSSR count). The number of nitrogens with zero attached hydrogens (tertiary/aromatic N) is 2. The van der Waals surface area contributed by atoms with Crippen LogP contribution in [0.3, 0.4) is 0 Å².